The first-order valence-electron chi connectivity index (χ1n) is 31.3. The molecule has 6 fully saturated rings. The van der Waals surface area contributed by atoms with Crippen LogP contribution in [0.1, 0.15) is 101 Å². The van der Waals surface area contributed by atoms with Gasteiger partial charge >= 0.3 is 12.4 Å². The molecule has 6 amide bonds. The summed E-state index contributed by atoms with van der Waals surface area (Å²) >= 11 is 0. The van der Waals surface area contributed by atoms with Crippen LogP contribution in [0, 0.1) is 28.1 Å². The molecule has 25 nitrogen and oxygen atoms in total. The van der Waals surface area contributed by atoms with E-state index in [0.717, 1.165) is 51.5 Å². The Labute approximate surface area is 562 Å². The van der Waals surface area contributed by atoms with Gasteiger partial charge in [-0.15, -0.1) is 0 Å². The topological polar surface area (TPSA) is 362 Å². The highest BCUT2D eigenvalue weighted by Gasteiger charge is 2.56. The SMILES string of the molecule is C=CC(=O)N1CC2(CC(n3nc(-c4ccc(OCC(F)(F)F)cc4)c(C(N)=O)c3N)C2)C1.C=CC(=O)N1CCC2(CC(n3nc(-c4ccc(Oc5ccccc5)cn4)c(C(N)=O)c3N)C2)C1.CC#CC(=O)N1CC2(CC(n3nc(-c4ccc(OCC(F)(F)F)cc4)c(C(N)=O)c3N)C2)C1. The number of rotatable bonds is 17. The van der Waals surface area contributed by atoms with Gasteiger partial charge in [0.05, 0.1) is 30.0 Å². The summed E-state index contributed by atoms with van der Waals surface area (Å²) < 4.78 is 94.0. The van der Waals surface area contributed by atoms with E-state index in [1.807, 2.05) is 35.2 Å². The summed E-state index contributed by atoms with van der Waals surface area (Å²) in [6.07, 6.45) is 0.908. The van der Waals surface area contributed by atoms with Gasteiger partial charge in [0.15, 0.2) is 13.2 Å². The molecular weight excluding hydrogens is 1300 g/mol. The summed E-state index contributed by atoms with van der Waals surface area (Å²) in [6.45, 7) is 9.83. The monoisotopic (exact) mass is 1370 g/mol. The number of carbonyl (C=O) groups is 6. The van der Waals surface area contributed by atoms with E-state index in [1.54, 1.807) is 49.1 Å². The van der Waals surface area contributed by atoms with Crippen molar-refractivity contribution >= 4 is 52.9 Å². The number of primary amides is 3. The predicted octanol–water partition coefficient (Wildman–Crippen LogP) is 8.04. The summed E-state index contributed by atoms with van der Waals surface area (Å²) in [4.78, 5) is 81.6. The van der Waals surface area contributed by atoms with Gasteiger partial charge in [-0.1, -0.05) is 37.3 Å². The molecule has 31 heteroatoms. The van der Waals surface area contributed by atoms with E-state index in [-0.39, 0.29) is 109 Å². The van der Waals surface area contributed by atoms with E-state index in [2.05, 4.69) is 45.3 Å². The third-order valence-electron chi connectivity index (χ3n) is 18.7. The first-order valence-corrected chi connectivity index (χ1v) is 31.3. The molecule has 12 N–H and O–H groups in total. The first-order chi connectivity index (χ1) is 46.9. The molecule has 99 heavy (non-hydrogen) atoms. The largest absolute Gasteiger partial charge is 0.484 e. The van der Waals surface area contributed by atoms with Crippen molar-refractivity contribution in [2.45, 2.75) is 82.3 Å². The molecule has 3 aliphatic heterocycles. The number of para-hydroxylation sites is 1. The number of carbonyl (C=O) groups excluding carboxylic acids is 6. The van der Waals surface area contributed by atoms with Crippen LogP contribution in [0.3, 0.4) is 0 Å². The standard InChI is InChI=1S/C25H26N6O3.C22H22F3N5O3.C21H22F3N5O3/c1-2-20(32)30-11-10-25(15-30)12-16(13-25)31-23(26)21(24(27)33)22(29-31)19-9-8-18(14-28-19)34-17-6-4-3-5-7-17;1-2-3-16(31)29-10-21(11-29)8-14(9-21)30-19(26)17(20(27)32)18(28-30)13-4-6-15(7-5-13)33-12-22(23,24)25;1-2-15(30)28-9-20(10-28)7-13(8-20)29-18(25)16(19(26)31)17(27-29)12-3-5-14(6-4-12)32-11-21(22,23)24/h2-9,14,16H,1,10-13,15,26H2,(H2,27,33);4-7,14H,8-12,26H2,1H3,(H2,27,32);2-6,13H,1,7-11,25H2,(H2,26,31). The summed E-state index contributed by atoms with van der Waals surface area (Å²) in [5.74, 6) is 4.49. The first kappa shape index (κ1) is 69.0. The molecule has 0 radical (unpaired) electrons. The molecule has 3 saturated carbocycles. The molecule has 7 aromatic rings. The molecule has 3 aromatic carbocycles. The maximum atomic E-state index is 12.3. The van der Waals surface area contributed by atoms with Crippen LogP contribution in [-0.4, -0.2) is 149 Å². The number of nitrogens with zero attached hydrogens (tertiary/aromatic N) is 10. The third-order valence-corrected chi connectivity index (χ3v) is 18.7. The smallest absolute Gasteiger partial charge is 0.422 e. The Morgan fingerprint density at radius 2 is 0.929 bits per heavy atom. The predicted molar refractivity (Wildman–Crippen MR) is 350 cm³/mol. The number of nitrogens with two attached hydrogens (primary N) is 6. The fraction of sp³-hybridized carbons (Fsp3) is 0.353. The summed E-state index contributed by atoms with van der Waals surface area (Å²) in [5.41, 5.74) is 38.1. The zero-order valence-corrected chi connectivity index (χ0v) is 53.5. The third kappa shape index (κ3) is 14.6. The van der Waals surface area contributed by atoms with Crippen LogP contribution < -0.4 is 48.6 Å². The van der Waals surface area contributed by atoms with E-state index in [9.17, 15) is 55.1 Å². The van der Waals surface area contributed by atoms with Crippen LogP contribution in [0.15, 0.2) is 123 Å². The Balaban J connectivity index is 0.000000150. The lowest BCUT2D eigenvalue weighted by molar-refractivity contribution is -0.154. The molecule has 3 spiro atoms. The van der Waals surface area contributed by atoms with Gasteiger partial charge in [0.1, 0.15) is 74.2 Å². The number of amides is 6. The van der Waals surface area contributed by atoms with Crippen molar-refractivity contribution in [1.29, 1.82) is 0 Å². The zero-order valence-electron chi connectivity index (χ0n) is 53.5. The number of aromatic nitrogens is 7. The van der Waals surface area contributed by atoms with Gasteiger partial charge < -0.3 is 63.3 Å². The van der Waals surface area contributed by atoms with Gasteiger partial charge in [0, 0.05) is 61.2 Å². The lowest BCUT2D eigenvalue weighted by atomic mass is 9.60. The highest BCUT2D eigenvalue weighted by molar-refractivity contribution is 6.05. The van der Waals surface area contributed by atoms with Crippen LogP contribution in [0.5, 0.6) is 23.0 Å². The lowest BCUT2D eigenvalue weighted by Crippen LogP contribution is -2.63. The Hall–Kier alpha value is -11.3. The van der Waals surface area contributed by atoms with Crippen LogP contribution in [0.4, 0.5) is 43.8 Å². The van der Waals surface area contributed by atoms with E-state index in [1.165, 1.54) is 60.7 Å². The van der Waals surface area contributed by atoms with Gasteiger partial charge in [-0.25, -0.2) is 14.0 Å². The number of nitrogen functional groups attached to an aromatic ring is 3. The van der Waals surface area contributed by atoms with Crippen molar-refractivity contribution in [2.75, 3.05) is 69.7 Å². The minimum atomic E-state index is -4.45. The Kier molecular flexibility index (Phi) is 18.8. The average Bonchev–Trinajstić information content (AvgIpc) is 1.74. The second-order valence-electron chi connectivity index (χ2n) is 25.7. The van der Waals surface area contributed by atoms with Gasteiger partial charge in [-0.2, -0.15) is 41.6 Å². The molecule has 3 aliphatic carbocycles. The van der Waals surface area contributed by atoms with E-state index in [0.29, 0.717) is 66.7 Å². The van der Waals surface area contributed by atoms with Crippen molar-refractivity contribution in [3.05, 3.63) is 139 Å². The molecule has 518 valence electrons. The molecule has 6 aliphatic rings. The molecule has 0 atom stereocenters. The van der Waals surface area contributed by atoms with Crippen molar-refractivity contribution in [2.24, 2.45) is 33.4 Å². The summed E-state index contributed by atoms with van der Waals surface area (Å²) in [5, 5.41) is 13.7. The number of hydrogen-bond acceptors (Lipinski definition) is 16. The fourth-order valence-corrected chi connectivity index (χ4v) is 14.0. The minimum Gasteiger partial charge on any atom is -0.484 e. The van der Waals surface area contributed by atoms with Crippen molar-refractivity contribution in [1.82, 2.24) is 49.0 Å². The van der Waals surface area contributed by atoms with Crippen molar-refractivity contribution < 1.29 is 69.3 Å². The number of anilines is 3. The normalized spacial score (nSPS) is 17.1. The van der Waals surface area contributed by atoms with E-state index in [4.69, 9.17) is 48.6 Å². The van der Waals surface area contributed by atoms with Crippen molar-refractivity contribution in [3.63, 3.8) is 0 Å². The van der Waals surface area contributed by atoms with Crippen LogP contribution in [0.2, 0.25) is 0 Å². The number of halogens is 6. The number of pyridine rings is 1. The molecule has 0 unspecified atom stereocenters. The Morgan fingerprint density at radius 1 is 0.535 bits per heavy atom. The van der Waals surface area contributed by atoms with E-state index < -0.39 is 43.3 Å². The average molecular weight is 1370 g/mol. The number of benzene rings is 3. The van der Waals surface area contributed by atoms with Gasteiger partial charge in [0.2, 0.25) is 11.8 Å². The molecule has 7 heterocycles. The molecule has 0 bridgehead atoms. The summed E-state index contributed by atoms with van der Waals surface area (Å²) in [7, 11) is 0. The quantitative estimate of drug-likeness (QED) is 0.0285. The second kappa shape index (κ2) is 26.9. The Morgan fingerprint density at radius 3 is 1.33 bits per heavy atom. The number of hydrogen-bond donors (Lipinski definition) is 6. The molecule has 4 aromatic heterocycles. The number of ether oxygens (including phenoxy) is 3. The maximum Gasteiger partial charge on any atom is 0.422 e. The van der Waals surface area contributed by atoms with Gasteiger partial charge in [-0.05, 0) is 148 Å². The molecule has 13 rings (SSSR count). The molecule has 3 saturated heterocycles. The van der Waals surface area contributed by atoms with Crippen LogP contribution >= 0.6 is 0 Å². The maximum absolute atomic E-state index is 12.3. The molecular formula is C68H70F6N16O9. The zero-order chi connectivity index (χ0) is 71.1. The van der Waals surface area contributed by atoms with Crippen LogP contribution in [-0.2, 0) is 14.4 Å². The van der Waals surface area contributed by atoms with E-state index >= 15 is 0 Å². The lowest BCUT2D eigenvalue weighted by Gasteiger charge is -2.58. The number of likely N-dealkylation sites (tertiary alicyclic amines) is 3. The Bertz CT molecular complexity index is 4330. The van der Waals surface area contributed by atoms with Gasteiger partial charge in [0.25, 0.3) is 23.6 Å². The fourth-order valence-electron chi connectivity index (χ4n) is 14.0. The number of alkyl halides is 6. The minimum absolute atomic E-state index is 0.00133. The van der Waals surface area contributed by atoms with Crippen LogP contribution in [0.25, 0.3) is 33.9 Å². The van der Waals surface area contributed by atoms with Crippen molar-refractivity contribution in [3.8, 4) is 68.7 Å². The second-order valence-corrected chi connectivity index (χ2v) is 25.7. The highest BCUT2D eigenvalue weighted by Crippen LogP contribution is 2.57. The summed E-state index contributed by atoms with van der Waals surface area (Å²) in [6, 6.07) is 24.2. The highest BCUT2D eigenvalue weighted by atomic mass is 19.4. The van der Waals surface area contributed by atoms with Gasteiger partial charge in [-0.3, -0.25) is 33.8 Å².